The van der Waals surface area contributed by atoms with Crippen LogP contribution >= 0.6 is 0 Å². The van der Waals surface area contributed by atoms with Crippen LogP contribution in [0.4, 0.5) is 4.79 Å². The summed E-state index contributed by atoms with van der Waals surface area (Å²) in [5.41, 5.74) is 0.329. The van der Waals surface area contributed by atoms with E-state index in [1.54, 1.807) is 11.8 Å². The molecule has 5 heteroatoms. The Kier molecular flexibility index (Phi) is 7.00. The number of amides is 1. The zero-order valence-electron chi connectivity index (χ0n) is 10.1. The minimum absolute atomic E-state index is 0.0543. The Morgan fingerprint density at radius 1 is 1.12 bits per heavy atom. The van der Waals surface area contributed by atoms with Gasteiger partial charge in [-0.3, -0.25) is 0 Å². The van der Waals surface area contributed by atoms with Crippen molar-refractivity contribution in [3.8, 4) is 0 Å². The highest BCUT2D eigenvalue weighted by Crippen LogP contribution is 1.95. The molecule has 1 amide bonds. The van der Waals surface area contributed by atoms with Crippen molar-refractivity contribution in [3.63, 3.8) is 0 Å². The molecule has 16 heavy (non-hydrogen) atoms. The number of hydrogen-bond acceptors (Lipinski definition) is 4. The van der Waals surface area contributed by atoms with E-state index in [9.17, 15) is 9.59 Å². The van der Waals surface area contributed by atoms with Gasteiger partial charge in [-0.25, -0.2) is 9.59 Å². The molecule has 0 spiro atoms. The Bertz CT molecular complexity index is 259. The van der Waals surface area contributed by atoms with Crippen molar-refractivity contribution in [1.82, 2.24) is 4.90 Å². The topological polar surface area (TPSA) is 55.8 Å². The highest BCUT2D eigenvalue weighted by atomic mass is 16.6. The fourth-order valence-electron chi connectivity index (χ4n) is 0.960. The number of ether oxygens (including phenoxy) is 2. The zero-order chi connectivity index (χ0) is 12.6. The fraction of sp³-hybridized carbons (Fsp3) is 0.636. The lowest BCUT2D eigenvalue weighted by molar-refractivity contribution is -0.140. The van der Waals surface area contributed by atoms with Crippen LogP contribution in [0.25, 0.3) is 0 Å². The van der Waals surface area contributed by atoms with Gasteiger partial charge in [-0.2, -0.15) is 0 Å². The molecule has 5 nitrogen and oxygen atoms in total. The number of carbonyl (C=O) groups excluding carboxylic acids is 2. The molecule has 0 N–H and O–H groups in total. The van der Waals surface area contributed by atoms with E-state index in [0.29, 0.717) is 18.7 Å². The van der Waals surface area contributed by atoms with Crippen molar-refractivity contribution in [2.24, 2.45) is 0 Å². The summed E-state index contributed by atoms with van der Waals surface area (Å²) < 4.78 is 9.66. The molecule has 0 aliphatic rings. The van der Waals surface area contributed by atoms with Crippen molar-refractivity contribution >= 4 is 12.1 Å². The SMILES string of the molecule is C=C(C)C(=O)OCCOC(=O)N(CC)CC. The predicted molar refractivity (Wildman–Crippen MR) is 60.0 cm³/mol. The second-order valence-corrected chi connectivity index (χ2v) is 3.20. The molecule has 0 rings (SSSR count). The summed E-state index contributed by atoms with van der Waals surface area (Å²) in [6.07, 6.45) is -0.392. The molecule has 0 aliphatic heterocycles. The second-order valence-electron chi connectivity index (χ2n) is 3.20. The number of nitrogens with zero attached hydrogens (tertiary/aromatic N) is 1. The Balaban J connectivity index is 3.70. The summed E-state index contributed by atoms with van der Waals surface area (Å²) in [6, 6.07) is 0. The number of rotatable bonds is 6. The first-order chi connectivity index (χ1) is 7.52. The van der Waals surface area contributed by atoms with Crippen molar-refractivity contribution in [2.75, 3.05) is 26.3 Å². The van der Waals surface area contributed by atoms with Gasteiger partial charge in [0.05, 0.1) is 0 Å². The summed E-state index contributed by atoms with van der Waals surface area (Å²) in [6.45, 7) is 10.0. The van der Waals surface area contributed by atoms with Crippen molar-refractivity contribution < 1.29 is 19.1 Å². The predicted octanol–water partition coefficient (Wildman–Crippen LogP) is 1.58. The van der Waals surface area contributed by atoms with Crippen LogP contribution < -0.4 is 0 Å². The molecule has 0 aliphatic carbocycles. The molecule has 0 unspecified atom stereocenters. The molecular weight excluding hydrogens is 210 g/mol. The maximum Gasteiger partial charge on any atom is 0.409 e. The second kappa shape index (κ2) is 7.73. The van der Waals surface area contributed by atoms with Gasteiger partial charge in [0.15, 0.2) is 0 Å². The van der Waals surface area contributed by atoms with E-state index < -0.39 is 12.1 Å². The van der Waals surface area contributed by atoms with Gasteiger partial charge in [-0.05, 0) is 20.8 Å². The quantitative estimate of drug-likeness (QED) is 0.394. The monoisotopic (exact) mass is 229 g/mol. The third kappa shape index (κ3) is 5.38. The van der Waals surface area contributed by atoms with Crippen LogP contribution in [0.1, 0.15) is 20.8 Å². The molecule has 0 heterocycles. The van der Waals surface area contributed by atoms with E-state index in [1.165, 1.54) is 0 Å². The van der Waals surface area contributed by atoms with E-state index in [-0.39, 0.29) is 13.2 Å². The van der Waals surface area contributed by atoms with E-state index in [1.807, 2.05) is 13.8 Å². The number of hydrogen-bond donors (Lipinski definition) is 0. The molecule has 0 bridgehead atoms. The normalized spacial score (nSPS) is 9.44. The number of esters is 1. The van der Waals surface area contributed by atoms with Crippen molar-refractivity contribution in [3.05, 3.63) is 12.2 Å². The largest absolute Gasteiger partial charge is 0.459 e. The molecule has 0 aromatic rings. The summed E-state index contributed by atoms with van der Waals surface area (Å²) in [5, 5.41) is 0. The van der Waals surface area contributed by atoms with E-state index in [4.69, 9.17) is 9.47 Å². The van der Waals surface area contributed by atoms with E-state index >= 15 is 0 Å². The van der Waals surface area contributed by atoms with Gasteiger partial charge in [0, 0.05) is 18.7 Å². The van der Waals surface area contributed by atoms with Gasteiger partial charge >= 0.3 is 12.1 Å². The lowest BCUT2D eigenvalue weighted by Gasteiger charge is -2.17. The molecule has 0 saturated carbocycles. The van der Waals surface area contributed by atoms with E-state index in [0.717, 1.165) is 0 Å². The fourth-order valence-corrected chi connectivity index (χ4v) is 0.960. The third-order valence-electron chi connectivity index (χ3n) is 1.91. The third-order valence-corrected chi connectivity index (χ3v) is 1.91. The first-order valence-corrected chi connectivity index (χ1v) is 5.27. The van der Waals surface area contributed by atoms with Gasteiger partial charge < -0.3 is 14.4 Å². The van der Waals surface area contributed by atoms with Gasteiger partial charge in [-0.15, -0.1) is 0 Å². The summed E-state index contributed by atoms with van der Waals surface area (Å²) in [4.78, 5) is 23.8. The molecule has 0 radical (unpaired) electrons. The van der Waals surface area contributed by atoms with Crippen LogP contribution in [0.3, 0.4) is 0 Å². The lowest BCUT2D eigenvalue weighted by Crippen LogP contribution is -2.32. The highest BCUT2D eigenvalue weighted by molar-refractivity contribution is 5.86. The standard InChI is InChI=1S/C11H19NO4/c1-5-12(6-2)11(14)16-8-7-15-10(13)9(3)4/h3,5-8H2,1-2,4H3. The molecule has 0 aromatic carbocycles. The summed E-state index contributed by atoms with van der Waals surface area (Å²) >= 11 is 0. The van der Waals surface area contributed by atoms with Crippen LogP contribution in [-0.4, -0.2) is 43.3 Å². The zero-order valence-corrected chi connectivity index (χ0v) is 10.1. The maximum atomic E-state index is 11.3. The molecule has 0 aromatic heterocycles. The highest BCUT2D eigenvalue weighted by Gasteiger charge is 2.10. The van der Waals surface area contributed by atoms with E-state index in [2.05, 4.69) is 6.58 Å². The minimum Gasteiger partial charge on any atom is -0.459 e. The first-order valence-electron chi connectivity index (χ1n) is 5.27. The molecular formula is C11H19NO4. The van der Waals surface area contributed by atoms with Gasteiger partial charge in [0.2, 0.25) is 0 Å². The Morgan fingerprint density at radius 3 is 2.06 bits per heavy atom. The molecule has 92 valence electrons. The Morgan fingerprint density at radius 2 is 1.62 bits per heavy atom. The first kappa shape index (κ1) is 14.5. The molecule has 0 saturated heterocycles. The molecule has 0 fully saturated rings. The van der Waals surface area contributed by atoms with Crippen LogP contribution in [0, 0.1) is 0 Å². The Labute approximate surface area is 96.0 Å². The van der Waals surface area contributed by atoms with Gasteiger partial charge in [0.25, 0.3) is 0 Å². The van der Waals surface area contributed by atoms with Crippen LogP contribution in [0.15, 0.2) is 12.2 Å². The van der Waals surface area contributed by atoms with Crippen LogP contribution in [0.5, 0.6) is 0 Å². The average Bonchev–Trinajstić information content (AvgIpc) is 2.25. The minimum atomic E-state index is -0.473. The lowest BCUT2D eigenvalue weighted by atomic mass is 10.4. The van der Waals surface area contributed by atoms with Crippen LogP contribution in [0.2, 0.25) is 0 Å². The maximum absolute atomic E-state index is 11.3. The van der Waals surface area contributed by atoms with Crippen molar-refractivity contribution in [2.45, 2.75) is 20.8 Å². The Hall–Kier alpha value is -1.52. The average molecular weight is 229 g/mol. The van der Waals surface area contributed by atoms with Crippen LogP contribution in [-0.2, 0) is 14.3 Å². The summed E-state index contributed by atoms with van der Waals surface area (Å²) in [5.74, 6) is -0.473. The van der Waals surface area contributed by atoms with Gasteiger partial charge in [-0.1, -0.05) is 6.58 Å². The number of carbonyl (C=O) groups is 2. The van der Waals surface area contributed by atoms with Gasteiger partial charge in [0.1, 0.15) is 13.2 Å². The molecule has 0 atom stereocenters. The summed E-state index contributed by atoms with van der Waals surface area (Å²) in [7, 11) is 0. The van der Waals surface area contributed by atoms with Crippen molar-refractivity contribution in [1.29, 1.82) is 0 Å². The smallest absolute Gasteiger partial charge is 0.409 e.